The van der Waals surface area contributed by atoms with Gasteiger partial charge in [-0.3, -0.25) is 4.79 Å². The number of rotatable bonds is 7. The average Bonchev–Trinajstić information content (AvgIpc) is 2.77. The van der Waals surface area contributed by atoms with Crippen LogP contribution in [0.2, 0.25) is 0 Å². The van der Waals surface area contributed by atoms with Gasteiger partial charge in [-0.2, -0.15) is 0 Å². The van der Waals surface area contributed by atoms with Crippen molar-refractivity contribution in [2.75, 3.05) is 19.3 Å². The molecule has 1 aliphatic carbocycles. The van der Waals surface area contributed by atoms with Crippen molar-refractivity contribution in [2.45, 2.75) is 50.3 Å². The van der Waals surface area contributed by atoms with Crippen LogP contribution < -0.4 is 10.6 Å². The lowest BCUT2D eigenvalue weighted by atomic mass is 10.1. The van der Waals surface area contributed by atoms with Gasteiger partial charge in [0.25, 0.3) is 5.91 Å². The quantitative estimate of drug-likeness (QED) is 0.583. The van der Waals surface area contributed by atoms with Crippen LogP contribution in [0, 0.1) is 0 Å². The maximum atomic E-state index is 11.9. The molecule has 1 aromatic rings. The van der Waals surface area contributed by atoms with Crippen LogP contribution in [-0.4, -0.2) is 39.7 Å². The Hall–Kier alpha value is -1.34. The summed E-state index contributed by atoms with van der Waals surface area (Å²) >= 11 is 0. The van der Waals surface area contributed by atoms with Gasteiger partial charge in [0.15, 0.2) is 15.6 Å². The lowest BCUT2D eigenvalue weighted by Gasteiger charge is -2.16. The predicted octanol–water partition coefficient (Wildman–Crippen LogP) is 1.87. The van der Waals surface area contributed by atoms with Gasteiger partial charge < -0.3 is 15.1 Å². The average molecular weight is 342 g/mol. The molecule has 2 N–H and O–H groups in total. The maximum Gasteiger partial charge on any atom is 0.287 e. The number of carbonyl (C=O) groups is 1. The van der Waals surface area contributed by atoms with Gasteiger partial charge in [-0.05, 0) is 25.0 Å². The summed E-state index contributed by atoms with van der Waals surface area (Å²) in [6, 6.07) is 3.59. The molecular weight excluding hydrogens is 316 g/mol. The largest absolute Gasteiger partial charge is 0.455 e. The molecule has 0 radical (unpaired) electrons. The summed E-state index contributed by atoms with van der Waals surface area (Å²) in [7, 11) is -3.16. The van der Waals surface area contributed by atoms with Gasteiger partial charge in [-0.25, -0.2) is 8.42 Å². The first kappa shape index (κ1) is 18.0. The Labute approximate surface area is 137 Å². The van der Waals surface area contributed by atoms with Crippen molar-refractivity contribution in [3.8, 4) is 0 Å². The normalized spacial score (nSPS) is 16.9. The minimum Gasteiger partial charge on any atom is -0.455 e. The lowest BCUT2D eigenvalue weighted by molar-refractivity contribution is 0.0924. The molecule has 130 valence electrons. The molecule has 0 aromatic carbocycles. The molecule has 1 amide bonds. The fourth-order valence-electron chi connectivity index (χ4n) is 2.86. The van der Waals surface area contributed by atoms with Gasteiger partial charge in [0.2, 0.25) is 0 Å². The highest BCUT2D eigenvalue weighted by Crippen LogP contribution is 2.16. The first-order valence-corrected chi connectivity index (χ1v) is 10.3. The second kappa shape index (κ2) is 8.49. The molecule has 0 spiro atoms. The zero-order chi connectivity index (χ0) is 16.7. The van der Waals surface area contributed by atoms with E-state index < -0.39 is 9.84 Å². The van der Waals surface area contributed by atoms with Crippen molar-refractivity contribution >= 4 is 15.7 Å². The van der Waals surface area contributed by atoms with Crippen LogP contribution in [0.3, 0.4) is 0 Å². The van der Waals surface area contributed by atoms with E-state index in [-0.39, 0.29) is 23.2 Å². The van der Waals surface area contributed by atoms with Crippen LogP contribution in [0.15, 0.2) is 16.5 Å². The minimum atomic E-state index is -3.16. The van der Waals surface area contributed by atoms with Gasteiger partial charge >= 0.3 is 0 Å². The van der Waals surface area contributed by atoms with Crippen molar-refractivity contribution < 1.29 is 17.6 Å². The molecule has 1 fully saturated rings. The summed E-state index contributed by atoms with van der Waals surface area (Å²) in [6.45, 7) is 1.25. The van der Waals surface area contributed by atoms with Crippen molar-refractivity contribution in [1.29, 1.82) is 0 Å². The van der Waals surface area contributed by atoms with E-state index >= 15 is 0 Å². The highest BCUT2D eigenvalue weighted by atomic mass is 32.2. The molecule has 1 aromatic heterocycles. The standard InChI is InChI=1S/C16H26N2O4S/c1-23(20,21)12-14-8-9-15(22-14)16(19)18-11-10-17-13-6-4-2-3-5-7-13/h8-9,13,17H,2-7,10-12H2,1H3,(H,18,19). The van der Waals surface area contributed by atoms with Crippen LogP contribution in [0.5, 0.6) is 0 Å². The van der Waals surface area contributed by atoms with Crippen molar-refractivity contribution in [3.05, 3.63) is 23.7 Å². The Balaban J connectivity index is 1.70. The Morgan fingerprint density at radius 1 is 1.17 bits per heavy atom. The Kier molecular flexibility index (Phi) is 6.65. The van der Waals surface area contributed by atoms with E-state index in [1.807, 2.05) is 0 Å². The summed E-state index contributed by atoms with van der Waals surface area (Å²) < 4.78 is 27.7. The molecule has 2 rings (SSSR count). The highest BCUT2D eigenvalue weighted by Gasteiger charge is 2.14. The van der Waals surface area contributed by atoms with Crippen molar-refractivity contribution in [3.63, 3.8) is 0 Å². The zero-order valence-corrected chi connectivity index (χ0v) is 14.5. The van der Waals surface area contributed by atoms with E-state index in [4.69, 9.17) is 4.42 Å². The van der Waals surface area contributed by atoms with Crippen LogP contribution in [0.4, 0.5) is 0 Å². The number of hydrogen-bond donors (Lipinski definition) is 2. The Morgan fingerprint density at radius 2 is 1.87 bits per heavy atom. The molecule has 1 heterocycles. The Bertz CT molecular complexity index is 601. The lowest BCUT2D eigenvalue weighted by Crippen LogP contribution is -2.36. The van der Waals surface area contributed by atoms with Crippen LogP contribution in [0.1, 0.15) is 54.8 Å². The number of sulfone groups is 1. The topological polar surface area (TPSA) is 88.4 Å². The van der Waals surface area contributed by atoms with Gasteiger partial charge in [-0.15, -0.1) is 0 Å². The zero-order valence-electron chi connectivity index (χ0n) is 13.6. The van der Waals surface area contributed by atoms with Crippen molar-refractivity contribution in [1.82, 2.24) is 10.6 Å². The number of hydrogen-bond acceptors (Lipinski definition) is 5. The molecule has 0 saturated heterocycles. The first-order valence-electron chi connectivity index (χ1n) is 8.22. The number of carbonyl (C=O) groups excluding carboxylic acids is 1. The number of amides is 1. The van der Waals surface area contributed by atoms with Crippen LogP contribution in [-0.2, 0) is 15.6 Å². The molecule has 6 nitrogen and oxygen atoms in total. The van der Waals surface area contributed by atoms with Gasteiger partial charge in [0.1, 0.15) is 11.5 Å². The van der Waals surface area contributed by atoms with E-state index in [0.717, 1.165) is 12.8 Å². The molecule has 0 bridgehead atoms. The number of furan rings is 1. The Morgan fingerprint density at radius 3 is 2.52 bits per heavy atom. The predicted molar refractivity (Wildman–Crippen MR) is 89.1 cm³/mol. The first-order chi connectivity index (χ1) is 10.9. The van der Waals surface area contributed by atoms with E-state index in [1.165, 1.54) is 50.7 Å². The SMILES string of the molecule is CS(=O)(=O)Cc1ccc(C(=O)NCCNC2CCCCCC2)o1. The molecule has 0 atom stereocenters. The maximum absolute atomic E-state index is 11.9. The number of nitrogens with one attached hydrogen (secondary N) is 2. The third kappa shape index (κ3) is 6.74. The van der Waals surface area contributed by atoms with E-state index in [1.54, 1.807) is 0 Å². The van der Waals surface area contributed by atoms with Gasteiger partial charge in [0.05, 0.1) is 0 Å². The summed E-state index contributed by atoms with van der Waals surface area (Å²) in [5, 5.41) is 6.27. The van der Waals surface area contributed by atoms with E-state index in [2.05, 4.69) is 10.6 Å². The molecule has 0 aliphatic heterocycles. The molecule has 1 aliphatic rings. The monoisotopic (exact) mass is 342 g/mol. The van der Waals surface area contributed by atoms with Crippen LogP contribution in [0.25, 0.3) is 0 Å². The molecular formula is C16H26N2O4S. The molecule has 7 heteroatoms. The second-order valence-electron chi connectivity index (χ2n) is 6.23. The summed E-state index contributed by atoms with van der Waals surface area (Å²) in [4.78, 5) is 11.9. The second-order valence-corrected chi connectivity index (χ2v) is 8.37. The van der Waals surface area contributed by atoms with Gasteiger partial charge in [0, 0.05) is 25.4 Å². The summed E-state index contributed by atoms with van der Waals surface area (Å²) in [5.74, 6) is -0.0662. The smallest absolute Gasteiger partial charge is 0.287 e. The van der Waals surface area contributed by atoms with Crippen molar-refractivity contribution in [2.24, 2.45) is 0 Å². The highest BCUT2D eigenvalue weighted by molar-refractivity contribution is 7.89. The third-order valence-electron chi connectivity index (χ3n) is 3.99. The molecule has 1 saturated carbocycles. The van der Waals surface area contributed by atoms with Gasteiger partial charge in [-0.1, -0.05) is 25.7 Å². The third-order valence-corrected chi connectivity index (χ3v) is 4.80. The van der Waals surface area contributed by atoms with Crippen LogP contribution >= 0.6 is 0 Å². The van der Waals surface area contributed by atoms with E-state index in [9.17, 15) is 13.2 Å². The minimum absolute atomic E-state index is 0.151. The summed E-state index contributed by atoms with van der Waals surface area (Å²) in [5.41, 5.74) is 0. The fourth-order valence-corrected chi connectivity index (χ4v) is 3.53. The summed E-state index contributed by atoms with van der Waals surface area (Å²) in [6.07, 6.45) is 8.75. The van der Waals surface area contributed by atoms with E-state index in [0.29, 0.717) is 12.6 Å². The molecule has 23 heavy (non-hydrogen) atoms. The fraction of sp³-hybridized carbons (Fsp3) is 0.688. The molecule has 0 unspecified atom stereocenters.